The van der Waals surface area contributed by atoms with Crippen molar-refractivity contribution in [1.29, 1.82) is 0 Å². The highest BCUT2D eigenvalue weighted by molar-refractivity contribution is 5.98. The van der Waals surface area contributed by atoms with Gasteiger partial charge in [0.1, 0.15) is 11.5 Å². The SMILES string of the molecule is CCOc1ccccc1N1CCN(C(=O)CCN2C(=O)COc3ccccc32)CC1. The van der Waals surface area contributed by atoms with Crippen LogP contribution in [0.5, 0.6) is 11.5 Å². The summed E-state index contributed by atoms with van der Waals surface area (Å²) in [5.41, 5.74) is 1.81. The molecule has 1 saturated heterocycles. The lowest BCUT2D eigenvalue weighted by Gasteiger charge is -2.37. The van der Waals surface area contributed by atoms with Crippen LogP contribution in [0, 0.1) is 0 Å². The van der Waals surface area contributed by atoms with E-state index in [2.05, 4.69) is 11.0 Å². The molecular formula is C23H27N3O4. The van der Waals surface area contributed by atoms with Gasteiger partial charge in [-0.3, -0.25) is 9.59 Å². The van der Waals surface area contributed by atoms with E-state index in [0.717, 1.165) is 30.2 Å². The number of para-hydroxylation sites is 4. The number of rotatable bonds is 6. The van der Waals surface area contributed by atoms with Gasteiger partial charge in [-0.2, -0.15) is 0 Å². The molecule has 2 amide bonds. The van der Waals surface area contributed by atoms with Crippen molar-refractivity contribution in [3.8, 4) is 11.5 Å². The van der Waals surface area contributed by atoms with Crippen LogP contribution in [0.3, 0.4) is 0 Å². The Balaban J connectivity index is 1.33. The molecule has 1 fully saturated rings. The van der Waals surface area contributed by atoms with Gasteiger partial charge in [0.05, 0.1) is 18.0 Å². The zero-order valence-electron chi connectivity index (χ0n) is 17.3. The normalized spacial score (nSPS) is 16.2. The predicted molar refractivity (Wildman–Crippen MR) is 115 cm³/mol. The number of benzene rings is 2. The summed E-state index contributed by atoms with van der Waals surface area (Å²) < 4.78 is 11.2. The van der Waals surface area contributed by atoms with Gasteiger partial charge in [-0.05, 0) is 31.2 Å². The molecule has 7 heteroatoms. The van der Waals surface area contributed by atoms with Crippen LogP contribution < -0.4 is 19.3 Å². The monoisotopic (exact) mass is 409 g/mol. The Hall–Kier alpha value is -3.22. The summed E-state index contributed by atoms with van der Waals surface area (Å²) in [4.78, 5) is 30.9. The van der Waals surface area contributed by atoms with E-state index in [0.29, 0.717) is 38.4 Å². The summed E-state index contributed by atoms with van der Waals surface area (Å²) in [6.45, 7) is 5.82. The zero-order chi connectivity index (χ0) is 20.9. The molecule has 2 aromatic carbocycles. The van der Waals surface area contributed by atoms with E-state index in [4.69, 9.17) is 9.47 Å². The fourth-order valence-electron chi connectivity index (χ4n) is 3.96. The van der Waals surface area contributed by atoms with Crippen LogP contribution in [0.4, 0.5) is 11.4 Å². The second kappa shape index (κ2) is 9.07. The first-order valence-corrected chi connectivity index (χ1v) is 10.4. The number of carbonyl (C=O) groups excluding carboxylic acids is 2. The van der Waals surface area contributed by atoms with Crippen molar-refractivity contribution in [2.45, 2.75) is 13.3 Å². The number of nitrogens with zero attached hydrogens (tertiary/aromatic N) is 3. The molecule has 0 saturated carbocycles. The van der Waals surface area contributed by atoms with Gasteiger partial charge in [-0.15, -0.1) is 0 Å². The first kappa shape index (κ1) is 20.1. The lowest BCUT2D eigenvalue weighted by molar-refractivity contribution is -0.131. The van der Waals surface area contributed by atoms with E-state index in [-0.39, 0.29) is 18.4 Å². The molecule has 2 aliphatic heterocycles. The summed E-state index contributed by atoms with van der Waals surface area (Å²) in [5.74, 6) is 1.53. The fraction of sp³-hybridized carbons (Fsp3) is 0.391. The van der Waals surface area contributed by atoms with Crippen LogP contribution in [-0.2, 0) is 9.59 Å². The van der Waals surface area contributed by atoms with Crippen LogP contribution in [0.15, 0.2) is 48.5 Å². The van der Waals surface area contributed by atoms with Crippen LogP contribution >= 0.6 is 0 Å². The van der Waals surface area contributed by atoms with Gasteiger partial charge >= 0.3 is 0 Å². The summed E-state index contributed by atoms with van der Waals surface area (Å²) in [5, 5.41) is 0. The average molecular weight is 409 g/mol. The number of piperazine rings is 1. The largest absolute Gasteiger partial charge is 0.492 e. The van der Waals surface area contributed by atoms with Crippen LogP contribution in [0.1, 0.15) is 13.3 Å². The highest BCUT2D eigenvalue weighted by atomic mass is 16.5. The molecule has 0 atom stereocenters. The molecule has 0 N–H and O–H groups in total. The molecule has 0 aromatic heterocycles. The molecular weight excluding hydrogens is 382 g/mol. The number of amides is 2. The summed E-state index contributed by atoms with van der Waals surface area (Å²) >= 11 is 0. The highest BCUT2D eigenvalue weighted by Crippen LogP contribution is 2.32. The molecule has 2 heterocycles. The minimum atomic E-state index is -0.112. The molecule has 2 aromatic rings. The lowest BCUT2D eigenvalue weighted by Crippen LogP contribution is -2.49. The lowest BCUT2D eigenvalue weighted by atomic mass is 10.2. The van der Waals surface area contributed by atoms with Crippen molar-refractivity contribution in [3.63, 3.8) is 0 Å². The van der Waals surface area contributed by atoms with Crippen LogP contribution in [-0.4, -0.2) is 62.7 Å². The molecule has 0 unspecified atom stereocenters. The first-order chi connectivity index (χ1) is 14.7. The molecule has 0 spiro atoms. The van der Waals surface area contributed by atoms with Crippen molar-refractivity contribution >= 4 is 23.2 Å². The van der Waals surface area contributed by atoms with E-state index in [1.54, 1.807) is 4.90 Å². The van der Waals surface area contributed by atoms with Gasteiger partial charge in [0.25, 0.3) is 5.91 Å². The molecule has 7 nitrogen and oxygen atoms in total. The minimum Gasteiger partial charge on any atom is -0.492 e. The maximum atomic E-state index is 12.8. The first-order valence-electron chi connectivity index (χ1n) is 10.4. The topological polar surface area (TPSA) is 62.3 Å². The molecule has 4 rings (SSSR count). The van der Waals surface area contributed by atoms with Crippen molar-refractivity contribution in [1.82, 2.24) is 4.90 Å². The molecule has 30 heavy (non-hydrogen) atoms. The Kier molecular flexibility index (Phi) is 6.07. The second-order valence-corrected chi connectivity index (χ2v) is 7.32. The Morgan fingerprint density at radius 1 is 1.00 bits per heavy atom. The maximum Gasteiger partial charge on any atom is 0.265 e. The smallest absolute Gasteiger partial charge is 0.265 e. The summed E-state index contributed by atoms with van der Waals surface area (Å²) in [7, 11) is 0. The van der Waals surface area contributed by atoms with E-state index in [1.807, 2.05) is 54.3 Å². The minimum absolute atomic E-state index is 0.0170. The quantitative estimate of drug-likeness (QED) is 0.734. The second-order valence-electron chi connectivity index (χ2n) is 7.32. The standard InChI is InChI=1S/C23H27N3O4/c1-2-29-20-9-5-3-7-18(20)24-13-15-25(16-14-24)22(27)11-12-26-19-8-4-6-10-21(19)30-17-23(26)28/h3-10H,2,11-17H2,1H3. The van der Waals surface area contributed by atoms with E-state index < -0.39 is 0 Å². The zero-order valence-corrected chi connectivity index (χ0v) is 17.3. The Labute approximate surface area is 176 Å². The average Bonchev–Trinajstić information content (AvgIpc) is 2.79. The number of carbonyl (C=O) groups is 2. The van der Waals surface area contributed by atoms with Gasteiger partial charge in [0.15, 0.2) is 6.61 Å². The van der Waals surface area contributed by atoms with Crippen LogP contribution in [0.2, 0.25) is 0 Å². The van der Waals surface area contributed by atoms with E-state index in [1.165, 1.54) is 0 Å². The van der Waals surface area contributed by atoms with Gasteiger partial charge in [0.2, 0.25) is 5.91 Å². The predicted octanol–water partition coefficient (Wildman–Crippen LogP) is 2.55. The Morgan fingerprint density at radius 3 is 2.47 bits per heavy atom. The Bertz CT molecular complexity index is 909. The third kappa shape index (κ3) is 4.20. The molecule has 0 aliphatic carbocycles. The van der Waals surface area contributed by atoms with Crippen molar-refractivity contribution in [2.75, 3.05) is 55.7 Å². The van der Waals surface area contributed by atoms with Crippen molar-refractivity contribution in [2.24, 2.45) is 0 Å². The number of fused-ring (bicyclic) bond motifs is 1. The molecule has 2 aliphatic rings. The molecule has 158 valence electrons. The summed E-state index contributed by atoms with van der Waals surface area (Å²) in [6, 6.07) is 15.5. The van der Waals surface area contributed by atoms with Gasteiger partial charge in [-0.25, -0.2) is 0 Å². The van der Waals surface area contributed by atoms with Crippen molar-refractivity contribution in [3.05, 3.63) is 48.5 Å². The molecule has 0 radical (unpaired) electrons. The van der Waals surface area contributed by atoms with Crippen LogP contribution in [0.25, 0.3) is 0 Å². The number of ether oxygens (including phenoxy) is 2. The van der Waals surface area contributed by atoms with Gasteiger partial charge in [0, 0.05) is 39.1 Å². The number of hydrogen-bond donors (Lipinski definition) is 0. The fourth-order valence-corrected chi connectivity index (χ4v) is 3.96. The van der Waals surface area contributed by atoms with Crippen molar-refractivity contribution < 1.29 is 19.1 Å². The Morgan fingerprint density at radius 2 is 1.70 bits per heavy atom. The summed E-state index contributed by atoms with van der Waals surface area (Å²) in [6.07, 6.45) is 0.301. The number of hydrogen-bond acceptors (Lipinski definition) is 5. The third-order valence-corrected chi connectivity index (χ3v) is 5.50. The van der Waals surface area contributed by atoms with E-state index >= 15 is 0 Å². The third-order valence-electron chi connectivity index (χ3n) is 5.50. The van der Waals surface area contributed by atoms with Gasteiger partial charge in [-0.1, -0.05) is 24.3 Å². The number of anilines is 2. The highest BCUT2D eigenvalue weighted by Gasteiger charge is 2.27. The molecule has 0 bridgehead atoms. The maximum absolute atomic E-state index is 12.8. The van der Waals surface area contributed by atoms with E-state index in [9.17, 15) is 9.59 Å². The van der Waals surface area contributed by atoms with Gasteiger partial charge < -0.3 is 24.2 Å².